The Hall–Kier alpha value is -1.62. The monoisotopic (exact) mass is 322 g/mol. The van der Waals surface area contributed by atoms with Crippen LogP contribution in [-0.4, -0.2) is 29.7 Å². The van der Waals surface area contributed by atoms with Gasteiger partial charge in [-0.05, 0) is 39.2 Å². The maximum Gasteiger partial charge on any atom is 0.256 e. The van der Waals surface area contributed by atoms with E-state index in [1.165, 1.54) is 0 Å². The highest BCUT2D eigenvalue weighted by atomic mass is 16.5. The minimum absolute atomic E-state index is 0.128. The van der Waals surface area contributed by atoms with Crippen LogP contribution in [0.1, 0.15) is 58.9 Å². The zero-order valence-electron chi connectivity index (χ0n) is 15.1. The molecule has 0 spiro atoms. The second-order valence-corrected chi connectivity index (χ2v) is 5.98. The summed E-state index contributed by atoms with van der Waals surface area (Å²) in [5.41, 5.74) is 0.762. The average molecular weight is 322 g/mol. The average Bonchev–Trinajstić information content (AvgIpc) is 2.52. The first-order chi connectivity index (χ1) is 11.0. The number of rotatable bonds is 10. The molecule has 23 heavy (non-hydrogen) atoms. The molecule has 1 aromatic heterocycles. The quantitative estimate of drug-likeness (QED) is 0.704. The van der Waals surface area contributed by atoms with E-state index < -0.39 is 5.60 Å². The van der Waals surface area contributed by atoms with Crippen LogP contribution < -0.4 is 10.1 Å². The van der Waals surface area contributed by atoms with Crippen LogP contribution in [0.3, 0.4) is 0 Å². The molecule has 0 aliphatic carbocycles. The van der Waals surface area contributed by atoms with E-state index in [1.54, 1.807) is 6.20 Å². The molecule has 1 heterocycles. The van der Waals surface area contributed by atoms with E-state index in [4.69, 9.17) is 9.47 Å². The molecule has 0 fully saturated rings. The lowest BCUT2D eigenvalue weighted by Gasteiger charge is -2.28. The first-order valence-corrected chi connectivity index (χ1v) is 8.51. The third-order valence-corrected chi connectivity index (χ3v) is 3.56. The Balaban J connectivity index is 2.79. The van der Waals surface area contributed by atoms with Crippen LogP contribution in [-0.2, 0) is 9.53 Å². The lowest BCUT2D eigenvalue weighted by molar-refractivity contribution is -0.140. The number of aryl methyl sites for hydroxylation is 1. The van der Waals surface area contributed by atoms with Gasteiger partial charge in [-0.1, -0.05) is 27.2 Å². The van der Waals surface area contributed by atoms with Crippen LogP contribution in [0.5, 0.6) is 5.88 Å². The number of nitrogens with zero attached hydrogens (tertiary/aromatic N) is 1. The maximum absolute atomic E-state index is 12.6. The Kier molecular flexibility index (Phi) is 8.03. The Morgan fingerprint density at radius 1 is 1.22 bits per heavy atom. The van der Waals surface area contributed by atoms with E-state index in [0.717, 1.165) is 24.8 Å². The van der Waals surface area contributed by atoms with Crippen molar-refractivity contribution in [1.29, 1.82) is 0 Å². The van der Waals surface area contributed by atoms with Crippen molar-refractivity contribution in [3.8, 4) is 5.88 Å². The number of carbonyl (C=O) groups excluding carboxylic acids is 1. The van der Waals surface area contributed by atoms with Crippen LogP contribution in [0, 0.1) is 6.92 Å². The summed E-state index contributed by atoms with van der Waals surface area (Å²) < 4.78 is 11.4. The molecule has 5 nitrogen and oxygen atoms in total. The number of amides is 1. The highest BCUT2D eigenvalue weighted by Crippen LogP contribution is 2.23. The number of nitrogens with one attached hydrogen (secondary N) is 1. The van der Waals surface area contributed by atoms with E-state index in [9.17, 15) is 4.79 Å². The minimum atomic E-state index is -0.809. The van der Waals surface area contributed by atoms with Crippen molar-refractivity contribution in [2.45, 2.75) is 65.9 Å². The van der Waals surface area contributed by atoms with Crippen molar-refractivity contribution in [3.05, 3.63) is 17.8 Å². The predicted octanol–water partition coefficient (Wildman–Crippen LogP) is 4.10. The van der Waals surface area contributed by atoms with Gasteiger partial charge >= 0.3 is 0 Å². The Morgan fingerprint density at radius 3 is 2.48 bits per heavy atom. The maximum atomic E-state index is 12.6. The fourth-order valence-electron chi connectivity index (χ4n) is 2.30. The van der Waals surface area contributed by atoms with Crippen LogP contribution in [0.25, 0.3) is 0 Å². The van der Waals surface area contributed by atoms with E-state index in [1.807, 2.05) is 33.8 Å². The van der Waals surface area contributed by atoms with E-state index >= 15 is 0 Å². The van der Waals surface area contributed by atoms with Gasteiger partial charge in [0.15, 0.2) is 0 Å². The molecule has 1 rings (SSSR count). The summed E-state index contributed by atoms with van der Waals surface area (Å²) in [6.07, 6.45) is 5.01. The molecule has 0 aliphatic rings. The summed E-state index contributed by atoms with van der Waals surface area (Å²) in [6, 6.07) is 1.88. The van der Waals surface area contributed by atoms with Crippen molar-refractivity contribution in [2.75, 3.05) is 18.5 Å². The number of hydrogen-bond donors (Lipinski definition) is 1. The molecule has 1 aromatic rings. The molecule has 5 heteroatoms. The molecular formula is C18H30N2O3. The molecule has 130 valence electrons. The highest BCUT2D eigenvalue weighted by Gasteiger charge is 2.33. The highest BCUT2D eigenvalue weighted by molar-refractivity contribution is 5.97. The second kappa shape index (κ2) is 9.50. The normalized spacial score (nSPS) is 13.4. The number of ether oxygens (including phenoxy) is 2. The van der Waals surface area contributed by atoms with Crippen molar-refractivity contribution in [2.24, 2.45) is 0 Å². The van der Waals surface area contributed by atoms with Crippen LogP contribution in [0.4, 0.5) is 5.69 Å². The number of carbonyl (C=O) groups is 1. The summed E-state index contributed by atoms with van der Waals surface area (Å²) >= 11 is 0. The molecule has 0 aliphatic heterocycles. The smallest absolute Gasteiger partial charge is 0.256 e. The third-order valence-electron chi connectivity index (χ3n) is 3.56. The van der Waals surface area contributed by atoms with Crippen LogP contribution >= 0.6 is 0 Å². The molecular weight excluding hydrogens is 292 g/mol. The minimum Gasteiger partial charge on any atom is -0.477 e. The van der Waals surface area contributed by atoms with Gasteiger partial charge in [0.25, 0.3) is 5.91 Å². The first-order valence-electron chi connectivity index (χ1n) is 8.51. The van der Waals surface area contributed by atoms with E-state index in [0.29, 0.717) is 31.2 Å². The van der Waals surface area contributed by atoms with Crippen molar-refractivity contribution >= 4 is 11.6 Å². The molecule has 0 aromatic carbocycles. The predicted molar refractivity (Wildman–Crippen MR) is 92.9 cm³/mol. The lowest BCUT2D eigenvalue weighted by atomic mass is 9.99. The molecule has 0 unspecified atom stereocenters. The molecule has 1 N–H and O–H groups in total. The van der Waals surface area contributed by atoms with E-state index in [-0.39, 0.29) is 5.91 Å². The number of anilines is 1. The van der Waals surface area contributed by atoms with Gasteiger partial charge < -0.3 is 14.8 Å². The van der Waals surface area contributed by atoms with Gasteiger partial charge in [-0.15, -0.1) is 0 Å². The summed E-state index contributed by atoms with van der Waals surface area (Å²) in [4.78, 5) is 16.9. The van der Waals surface area contributed by atoms with Gasteiger partial charge in [0, 0.05) is 12.2 Å². The van der Waals surface area contributed by atoms with Gasteiger partial charge in [0.1, 0.15) is 5.60 Å². The molecule has 1 amide bonds. The SMILES string of the molecule is CCCOc1ncc(NC(=O)[C@@](C)(CCC)OCCC)cc1C. The fraction of sp³-hybridized carbons (Fsp3) is 0.667. The number of pyridine rings is 1. The van der Waals surface area contributed by atoms with Crippen LogP contribution in [0.15, 0.2) is 12.3 Å². The largest absolute Gasteiger partial charge is 0.477 e. The fourth-order valence-corrected chi connectivity index (χ4v) is 2.30. The molecule has 0 radical (unpaired) electrons. The summed E-state index contributed by atoms with van der Waals surface area (Å²) in [6.45, 7) is 11.1. The Bertz CT molecular complexity index is 505. The topological polar surface area (TPSA) is 60.5 Å². The second-order valence-electron chi connectivity index (χ2n) is 5.98. The Labute approximate surface area is 139 Å². The van der Waals surface area contributed by atoms with Crippen molar-refractivity contribution in [1.82, 2.24) is 4.98 Å². The van der Waals surface area contributed by atoms with Crippen LogP contribution in [0.2, 0.25) is 0 Å². The van der Waals surface area contributed by atoms with Crippen molar-refractivity contribution < 1.29 is 14.3 Å². The lowest BCUT2D eigenvalue weighted by Crippen LogP contribution is -2.43. The van der Waals surface area contributed by atoms with Gasteiger partial charge in [0.05, 0.1) is 18.5 Å². The Morgan fingerprint density at radius 2 is 1.91 bits per heavy atom. The van der Waals surface area contributed by atoms with Gasteiger partial charge in [-0.3, -0.25) is 4.79 Å². The summed E-state index contributed by atoms with van der Waals surface area (Å²) in [5.74, 6) is 0.486. The molecule has 1 atom stereocenters. The van der Waals surface area contributed by atoms with Gasteiger partial charge in [0.2, 0.25) is 5.88 Å². The summed E-state index contributed by atoms with van der Waals surface area (Å²) in [5, 5.41) is 2.92. The molecule has 0 bridgehead atoms. The number of aromatic nitrogens is 1. The number of hydrogen-bond acceptors (Lipinski definition) is 4. The van der Waals surface area contributed by atoms with Gasteiger partial charge in [-0.25, -0.2) is 4.98 Å². The zero-order chi connectivity index (χ0) is 17.3. The van der Waals surface area contributed by atoms with Crippen molar-refractivity contribution in [3.63, 3.8) is 0 Å². The standard InChI is InChI=1S/C18H30N2O3/c1-6-9-18(5,23-11-8-3)17(21)20-15-12-14(4)16(19-13-15)22-10-7-2/h12-13H,6-11H2,1-5H3,(H,20,21)/t18-/m1/s1. The summed E-state index contributed by atoms with van der Waals surface area (Å²) in [7, 11) is 0. The molecule has 0 saturated carbocycles. The van der Waals surface area contributed by atoms with Gasteiger partial charge in [-0.2, -0.15) is 0 Å². The molecule has 0 saturated heterocycles. The van der Waals surface area contributed by atoms with E-state index in [2.05, 4.69) is 17.2 Å². The zero-order valence-corrected chi connectivity index (χ0v) is 15.1. The third kappa shape index (κ3) is 5.82. The first kappa shape index (κ1) is 19.4.